The summed E-state index contributed by atoms with van der Waals surface area (Å²) >= 11 is 0. The molecule has 0 saturated heterocycles. The van der Waals surface area contributed by atoms with Crippen LogP contribution < -0.4 is 0 Å². The van der Waals surface area contributed by atoms with Crippen molar-refractivity contribution >= 4 is 16.3 Å². The maximum Gasteiger partial charge on any atom is 0.164 e. The van der Waals surface area contributed by atoms with Gasteiger partial charge in [0, 0.05) is 38.8 Å². The molecule has 3 aromatic heterocycles. The number of aromatic nitrogens is 5. The molecule has 5 nitrogen and oxygen atoms in total. The molecule has 0 bridgehead atoms. The van der Waals surface area contributed by atoms with Crippen LogP contribution in [0.25, 0.3) is 117 Å². The van der Waals surface area contributed by atoms with Crippen molar-refractivity contribution in [2.75, 3.05) is 0 Å². The van der Waals surface area contributed by atoms with Crippen LogP contribution in [-0.2, 0) is 0 Å². The van der Waals surface area contributed by atoms with Gasteiger partial charge in [-0.1, -0.05) is 218 Å². The fourth-order valence-electron chi connectivity index (χ4n) is 9.24. The van der Waals surface area contributed by atoms with E-state index in [4.69, 9.17) is 20.1 Å². The summed E-state index contributed by atoms with van der Waals surface area (Å²) in [5.74, 6) is 1.81. The van der Waals surface area contributed by atoms with Crippen LogP contribution >= 0.6 is 0 Å². The molecular weight excluding hydrogens is 815 g/mol. The fraction of sp³-hybridized carbons (Fsp3) is 0. The minimum Gasteiger partial charge on any atom is -0.231 e. The molecule has 0 aliphatic carbocycles. The van der Waals surface area contributed by atoms with Crippen molar-refractivity contribution in [2.24, 2.45) is 0 Å². The van der Waals surface area contributed by atoms with E-state index < -0.39 is 0 Å². The van der Waals surface area contributed by atoms with Crippen molar-refractivity contribution in [1.29, 1.82) is 0 Å². The number of fused-ring (bicyclic) bond motifs is 3. The van der Waals surface area contributed by atoms with Crippen molar-refractivity contribution in [2.45, 2.75) is 0 Å². The summed E-state index contributed by atoms with van der Waals surface area (Å²) in [6.07, 6.45) is 0. The lowest BCUT2D eigenvalue weighted by atomic mass is 9.93. The van der Waals surface area contributed by atoms with Crippen molar-refractivity contribution in [3.05, 3.63) is 249 Å². The summed E-state index contributed by atoms with van der Waals surface area (Å²) in [7, 11) is 0. The lowest BCUT2D eigenvalue weighted by Gasteiger charge is -2.15. The van der Waals surface area contributed by atoms with Gasteiger partial charge < -0.3 is 0 Å². The molecule has 12 aromatic rings. The third-order valence-corrected chi connectivity index (χ3v) is 12.4. The second-order valence-corrected chi connectivity index (χ2v) is 16.7. The number of hydrogen-bond acceptors (Lipinski definition) is 4. The minimum atomic E-state index is 0.597. The van der Waals surface area contributed by atoms with E-state index in [2.05, 4.69) is 223 Å². The van der Waals surface area contributed by atoms with Gasteiger partial charge in [0.25, 0.3) is 0 Å². The lowest BCUT2D eigenvalue weighted by Crippen LogP contribution is -2.01. The Morgan fingerprint density at radius 3 is 1.27 bits per heavy atom. The number of nitrogens with zero attached hydrogens (tertiary/aromatic N) is 5. The second-order valence-electron chi connectivity index (χ2n) is 16.7. The van der Waals surface area contributed by atoms with E-state index in [1.54, 1.807) is 0 Å². The Labute approximate surface area is 389 Å². The maximum atomic E-state index is 5.45. The van der Waals surface area contributed by atoms with E-state index in [-0.39, 0.29) is 0 Å². The SMILES string of the molecule is c1ccc(-c2cc(-c3ccccc3)cc(-c3nc(-c4ccccc4)nc(-c4cccc(-c5cccc6c5cc(-c5ccccc5)n5nc(-c7ccccc7)c(-c7ccccc7)c65)c4)n3)c2)cc1. The fourth-order valence-corrected chi connectivity index (χ4v) is 9.24. The lowest BCUT2D eigenvalue weighted by molar-refractivity contribution is 0.979. The molecule has 0 spiro atoms. The molecule has 0 saturated carbocycles. The number of pyridine rings is 1. The number of rotatable bonds is 9. The molecule has 0 N–H and O–H groups in total. The van der Waals surface area contributed by atoms with Crippen LogP contribution in [0.5, 0.6) is 0 Å². The summed E-state index contributed by atoms with van der Waals surface area (Å²) in [5.41, 5.74) is 16.7. The summed E-state index contributed by atoms with van der Waals surface area (Å²) in [6, 6.07) is 87.0. The Kier molecular flexibility index (Phi) is 10.1. The highest BCUT2D eigenvalue weighted by Gasteiger charge is 2.23. The van der Waals surface area contributed by atoms with Gasteiger partial charge in [0.05, 0.1) is 11.2 Å². The van der Waals surface area contributed by atoms with Crippen LogP contribution in [0.2, 0.25) is 0 Å². The highest BCUT2D eigenvalue weighted by molar-refractivity contribution is 6.12. The van der Waals surface area contributed by atoms with Gasteiger partial charge in [-0.05, 0) is 74.7 Å². The largest absolute Gasteiger partial charge is 0.231 e. The molecule has 0 aliphatic rings. The maximum absolute atomic E-state index is 5.45. The monoisotopic (exact) mass is 855 g/mol. The van der Waals surface area contributed by atoms with Gasteiger partial charge in [-0.25, -0.2) is 19.5 Å². The molecule has 314 valence electrons. The van der Waals surface area contributed by atoms with Crippen LogP contribution in [0, 0.1) is 0 Å². The van der Waals surface area contributed by atoms with Gasteiger partial charge in [0.15, 0.2) is 17.5 Å². The van der Waals surface area contributed by atoms with Gasteiger partial charge in [-0.2, -0.15) is 5.10 Å². The number of benzene rings is 9. The minimum absolute atomic E-state index is 0.597. The van der Waals surface area contributed by atoms with E-state index in [1.165, 1.54) is 0 Å². The average Bonchev–Trinajstić information content (AvgIpc) is 3.83. The zero-order chi connectivity index (χ0) is 44.5. The molecule has 5 heteroatoms. The Bertz CT molecular complexity index is 3650. The third kappa shape index (κ3) is 7.54. The highest BCUT2D eigenvalue weighted by Crippen LogP contribution is 2.43. The van der Waals surface area contributed by atoms with Crippen molar-refractivity contribution in [3.8, 4) is 101 Å². The standard InChI is InChI=1S/C62H41N5/c1-7-21-42(22-8-1)50-38-51(43-23-9-2-10-24-43)40-52(39-50)62-64-60(47-31-17-6-18-32-47)63-61(65-62)49-34-19-33-48(37-49)53-35-20-36-54-55(53)41-56(44-25-11-3-12-26-44)67-59(54)57(45-27-13-4-14-28-45)58(66-67)46-29-15-5-16-30-46/h1-41H. The first-order valence-corrected chi connectivity index (χ1v) is 22.6. The summed E-state index contributed by atoms with van der Waals surface area (Å²) in [4.78, 5) is 15.7. The zero-order valence-corrected chi connectivity index (χ0v) is 36.4. The molecule has 0 fully saturated rings. The quantitative estimate of drug-likeness (QED) is 0.145. The van der Waals surface area contributed by atoms with Crippen molar-refractivity contribution in [3.63, 3.8) is 0 Å². The van der Waals surface area contributed by atoms with Gasteiger partial charge in [-0.3, -0.25) is 0 Å². The van der Waals surface area contributed by atoms with Crippen LogP contribution in [0.1, 0.15) is 0 Å². The molecule has 0 unspecified atom stereocenters. The smallest absolute Gasteiger partial charge is 0.164 e. The van der Waals surface area contributed by atoms with Gasteiger partial charge in [0.1, 0.15) is 5.69 Å². The van der Waals surface area contributed by atoms with Gasteiger partial charge >= 0.3 is 0 Å². The van der Waals surface area contributed by atoms with E-state index in [1.807, 2.05) is 30.3 Å². The second kappa shape index (κ2) is 17.1. The summed E-state index contributed by atoms with van der Waals surface area (Å²) in [5, 5.41) is 7.68. The molecule has 0 radical (unpaired) electrons. The predicted molar refractivity (Wildman–Crippen MR) is 275 cm³/mol. The van der Waals surface area contributed by atoms with E-state index in [0.29, 0.717) is 17.5 Å². The molecule has 0 amide bonds. The van der Waals surface area contributed by atoms with E-state index in [0.717, 1.165) is 100 Å². The molecular formula is C62H41N5. The Morgan fingerprint density at radius 1 is 0.269 bits per heavy atom. The van der Waals surface area contributed by atoms with Crippen molar-refractivity contribution in [1.82, 2.24) is 24.6 Å². The van der Waals surface area contributed by atoms with Crippen molar-refractivity contribution < 1.29 is 0 Å². The molecule has 0 atom stereocenters. The van der Waals surface area contributed by atoms with E-state index in [9.17, 15) is 0 Å². The van der Waals surface area contributed by atoms with E-state index >= 15 is 0 Å². The highest BCUT2D eigenvalue weighted by atomic mass is 15.2. The Hall–Kier alpha value is -9.06. The zero-order valence-electron chi connectivity index (χ0n) is 36.4. The molecule has 12 rings (SSSR count). The predicted octanol–water partition coefficient (Wildman–Crippen LogP) is 15.7. The molecule has 3 heterocycles. The topological polar surface area (TPSA) is 56.0 Å². The van der Waals surface area contributed by atoms with Gasteiger partial charge in [0.2, 0.25) is 0 Å². The Morgan fingerprint density at radius 2 is 0.687 bits per heavy atom. The normalized spacial score (nSPS) is 11.3. The van der Waals surface area contributed by atoms with Crippen LogP contribution in [-0.4, -0.2) is 24.6 Å². The summed E-state index contributed by atoms with van der Waals surface area (Å²) < 4.78 is 2.15. The third-order valence-electron chi connectivity index (χ3n) is 12.4. The van der Waals surface area contributed by atoms with Crippen LogP contribution in [0.15, 0.2) is 249 Å². The van der Waals surface area contributed by atoms with Gasteiger partial charge in [-0.15, -0.1) is 0 Å². The first kappa shape index (κ1) is 39.5. The molecule has 9 aromatic carbocycles. The number of hydrogen-bond donors (Lipinski definition) is 0. The van der Waals surface area contributed by atoms with Crippen LogP contribution in [0.4, 0.5) is 0 Å². The first-order valence-electron chi connectivity index (χ1n) is 22.6. The Balaban J connectivity index is 1.07. The first-order chi connectivity index (χ1) is 33.2. The summed E-state index contributed by atoms with van der Waals surface area (Å²) in [6.45, 7) is 0. The average molecular weight is 856 g/mol. The molecule has 0 aliphatic heterocycles. The van der Waals surface area contributed by atoms with Crippen LogP contribution in [0.3, 0.4) is 0 Å². The molecule has 67 heavy (non-hydrogen) atoms.